The van der Waals surface area contributed by atoms with E-state index in [4.69, 9.17) is 9.47 Å². The standard InChI is InChI=1S/C15H16Br2O2S/c1-2-18-14-9-11(10-16)8-13(17)15(14)19-6-5-12-4-3-7-20-12/h3-4,7-9H,2,5-6,10H2,1H3. The van der Waals surface area contributed by atoms with Crippen molar-refractivity contribution in [2.24, 2.45) is 0 Å². The first kappa shape index (κ1) is 15.9. The van der Waals surface area contributed by atoms with Crippen LogP contribution in [0.1, 0.15) is 17.4 Å². The van der Waals surface area contributed by atoms with Gasteiger partial charge in [0, 0.05) is 16.6 Å². The minimum atomic E-state index is 0.624. The van der Waals surface area contributed by atoms with Gasteiger partial charge in [-0.3, -0.25) is 0 Å². The average molecular weight is 420 g/mol. The Morgan fingerprint density at radius 3 is 2.75 bits per heavy atom. The van der Waals surface area contributed by atoms with Gasteiger partial charge in [0.05, 0.1) is 17.7 Å². The van der Waals surface area contributed by atoms with Crippen molar-refractivity contribution in [1.82, 2.24) is 0 Å². The fourth-order valence-electron chi connectivity index (χ4n) is 1.81. The molecule has 0 N–H and O–H groups in total. The minimum Gasteiger partial charge on any atom is -0.490 e. The summed E-state index contributed by atoms with van der Waals surface area (Å²) in [7, 11) is 0. The lowest BCUT2D eigenvalue weighted by Crippen LogP contribution is -2.04. The number of ether oxygens (including phenoxy) is 2. The molecule has 0 saturated carbocycles. The normalized spacial score (nSPS) is 10.6. The van der Waals surface area contributed by atoms with Crippen LogP contribution in [0.15, 0.2) is 34.1 Å². The fraction of sp³-hybridized carbons (Fsp3) is 0.333. The van der Waals surface area contributed by atoms with Crippen molar-refractivity contribution in [2.75, 3.05) is 13.2 Å². The summed E-state index contributed by atoms with van der Waals surface area (Å²) >= 11 is 8.78. The van der Waals surface area contributed by atoms with E-state index in [9.17, 15) is 0 Å². The zero-order valence-corrected chi connectivity index (χ0v) is 15.2. The Morgan fingerprint density at radius 2 is 2.10 bits per heavy atom. The third-order valence-electron chi connectivity index (χ3n) is 2.70. The Labute approximate surface area is 140 Å². The summed E-state index contributed by atoms with van der Waals surface area (Å²) in [5.41, 5.74) is 1.16. The van der Waals surface area contributed by atoms with Crippen LogP contribution in [0.25, 0.3) is 0 Å². The molecule has 0 amide bonds. The summed E-state index contributed by atoms with van der Waals surface area (Å²) < 4.78 is 12.5. The van der Waals surface area contributed by atoms with Crippen LogP contribution in [0.3, 0.4) is 0 Å². The first-order chi connectivity index (χ1) is 9.74. The summed E-state index contributed by atoms with van der Waals surface area (Å²) in [5.74, 6) is 1.58. The molecular formula is C15H16Br2O2S. The quantitative estimate of drug-likeness (QED) is 0.557. The van der Waals surface area contributed by atoms with Crippen molar-refractivity contribution in [3.8, 4) is 11.5 Å². The highest BCUT2D eigenvalue weighted by Crippen LogP contribution is 2.37. The molecular weight excluding hydrogens is 404 g/mol. The second kappa shape index (κ2) is 8.05. The Bertz CT molecular complexity index is 541. The van der Waals surface area contributed by atoms with Crippen molar-refractivity contribution >= 4 is 43.2 Å². The molecule has 20 heavy (non-hydrogen) atoms. The molecule has 0 fully saturated rings. The van der Waals surface area contributed by atoms with E-state index in [0.29, 0.717) is 13.2 Å². The van der Waals surface area contributed by atoms with Crippen molar-refractivity contribution in [1.29, 1.82) is 0 Å². The van der Waals surface area contributed by atoms with Gasteiger partial charge in [-0.25, -0.2) is 0 Å². The largest absolute Gasteiger partial charge is 0.490 e. The predicted octanol–water partition coefficient (Wildman–Crippen LogP) is 5.43. The van der Waals surface area contributed by atoms with Gasteiger partial charge in [0.15, 0.2) is 11.5 Å². The molecule has 0 aliphatic rings. The second-order valence-electron chi connectivity index (χ2n) is 4.15. The second-order valence-corrected chi connectivity index (χ2v) is 6.60. The van der Waals surface area contributed by atoms with Crippen LogP contribution in [0.2, 0.25) is 0 Å². The SMILES string of the molecule is CCOc1cc(CBr)cc(Br)c1OCCc1cccs1. The smallest absolute Gasteiger partial charge is 0.175 e. The van der Waals surface area contributed by atoms with E-state index in [1.54, 1.807) is 11.3 Å². The summed E-state index contributed by atoms with van der Waals surface area (Å²) in [6, 6.07) is 8.26. The number of hydrogen-bond acceptors (Lipinski definition) is 3. The highest BCUT2D eigenvalue weighted by molar-refractivity contribution is 9.10. The molecule has 0 bridgehead atoms. The van der Waals surface area contributed by atoms with E-state index < -0.39 is 0 Å². The van der Waals surface area contributed by atoms with Crippen LogP contribution in [-0.2, 0) is 11.8 Å². The van der Waals surface area contributed by atoms with E-state index in [2.05, 4.69) is 55.4 Å². The maximum Gasteiger partial charge on any atom is 0.175 e. The number of alkyl halides is 1. The molecule has 1 aromatic heterocycles. The van der Waals surface area contributed by atoms with Gasteiger partial charge in [-0.15, -0.1) is 11.3 Å². The van der Waals surface area contributed by atoms with Gasteiger partial charge in [-0.1, -0.05) is 22.0 Å². The summed E-state index contributed by atoms with van der Waals surface area (Å²) in [5, 5.41) is 2.88. The number of rotatable bonds is 7. The first-order valence-corrected chi connectivity index (χ1v) is 9.20. The molecule has 0 aliphatic heterocycles. The Kier molecular flexibility index (Phi) is 6.39. The number of hydrogen-bond donors (Lipinski definition) is 0. The lowest BCUT2D eigenvalue weighted by atomic mass is 10.2. The van der Waals surface area contributed by atoms with Crippen molar-refractivity contribution < 1.29 is 9.47 Å². The maximum atomic E-state index is 5.91. The highest BCUT2D eigenvalue weighted by atomic mass is 79.9. The molecule has 2 nitrogen and oxygen atoms in total. The maximum absolute atomic E-state index is 5.91. The first-order valence-electron chi connectivity index (χ1n) is 6.41. The molecule has 1 aromatic carbocycles. The van der Waals surface area contributed by atoms with E-state index in [1.807, 2.05) is 13.0 Å². The monoisotopic (exact) mass is 418 g/mol. The molecule has 1 heterocycles. The van der Waals surface area contributed by atoms with Gasteiger partial charge < -0.3 is 9.47 Å². The molecule has 0 aliphatic carbocycles. The number of benzene rings is 1. The Morgan fingerprint density at radius 1 is 1.25 bits per heavy atom. The van der Waals surface area contributed by atoms with E-state index in [1.165, 1.54) is 4.88 Å². The summed E-state index contributed by atoms with van der Waals surface area (Å²) in [6.07, 6.45) is 0.913. The van der Waals surface area contributed by atoms with Gasteiger partial charge in [0.2, 0.25) is 0 Å². The number of halogens is 2. The summed E-state index contributed by atoms with van der Waals surface area (Å²) in [4.78, 5) is 1.33. The molecule has 5 heteroatoms. The van der Waals surface area contributed by atoms with Crippen LogP contribution in [0.5, 0.6) is 11.5 Å². The molecule has 0 radical (unpaired) electrons. The van der Waals surface area contributed by atoms with Gasteiger partial charge in [0.25, 0.3) is 0 Å². The van der Waals surface area contributed by atoms with E-state index in [-0.39, 0.29) is 0 Å². The number of thiophene rings is 1. The zero-order valence-electron chi connectivity index (χ0n) is 11.2. The van der Waals surface area contributed by atoms with Crippen LogP contribution in [0, 0.1) is 0 Å². The molecule has 2 rings (SSSR count). The van der Waals surface area contributed by atoms with E-state index >= 15 is 0 Å². The van der Waals surface area contributed by atoms with Crippen LogP contribution >= 0.6 is 43.2 Å². The third-order valence-corrected chi connectivity index (χ3v) is 4.87. The third kappa shape index (κ3) is 4.24. The van der Waals surface area contributed by atoms with Gasteiger partial charge in [-0.05, 0) is 52.0 Å². The highest BCUT2D eigenvalue weighted by Gasteiger charge is 2.12. The van der Waals surface area contributed by atoms with Crippen molar-refractivity contribution in [3.05, 3.63) is 44.6 Å². The van der Waals surface area contributed by atoms with Gasteiger partial charge in [-0.2, -0.15) is 0 Å². The average Bonchev–Trinajstić information content (AvgIpc) is 2.95. The van der Waals surface area contributed by atoms with Crippen LogP contribution in [-0.4, -0.2) is 13.2 Å². The molecule has 2 aromatic rings. The van der Waals surface area contributed by atoms with Crippen molar-refractivity contribution in [2.45, 2.75) is 18.7 Å². The molecule has 0 unspecified atom stereocenters. The minimum absolute atomic E-state index is 0.624. The lowest BCUT2D eigenvalue weighted by Gasteiger charge is -2.14. The molecule has 0 saturated heterocycles. The molecule has 0 spiro atoms. The predicted molar refractivity (Wildman–Crippen MR) is 91.5 cm³/mol. The van der Waals surface area contributed by atoms with Crippen LogP contribution in [0.4, 0.5) is 0 Å². The lowest BCUT2D eigenvalue weighted by molar-refractivity contribution is 0.278. The van der Waals surface area contributed by atoms with Crippen molar-refractivity contribution in [3.63, 3.8) is 0 Å². The zero-order chi connectivity index (χ0) is 14.4. The van der Waals surface area contributed by atoms with Gasteiger partial charge in [0.1, 0.15) is 0 Å². The topological polar surface area (TPSA) is 18.5 Å². The van der Waals surface area contributed by atoms with Gasteiger partial charge >= 0.3 is 0 Å². The Balaban J connectivity index is 2.08. The molecule has 108 valence electrons. The fourth-order valence-corrected chi connectivity index (χ4v) is 3.43. The van der Waals surface area contributed by atoms with E-state index in [0.717, 1.165) is 33.3 Å². The summed E-state index contributed by atoms with van der Waals surface area (Å²) in [6.45, 7) is 3.25. The Hall–Kier alpha value is -0.520. The van der Waals surface area contributed by atoms with Crippen LogP contribution < -0.4 is 9.47 Å². The molecule has 0 atom stereocenters.